The zero-order valence-corrected chi connectivity index (χ0v) is 13.4. The van der Waals surface area contributed by atoms with Gasteiger partial charge in [-0.2, -0.15) is 0 Å². The highest BCUT2D eigenvalue weighted by atomic mass is 35.5. The third-order valence-electron chi connectivity index (χ3n) is 2.91. The van der Waals surface area contributed by atoms with Gasteiger partial charge < -0.3 is 9.72 Å². The van der Waals surface area contributed by atoms with E-state index in [1.807, 2.05) is 0 Å². The molecule has 122 valence electrons. The predicted molar refractivity (Wildman–Crippen MR) is 82.9 cm³/mol. The molecule has 2 rings (SSSR count). The Morgan fingerprint density at radius 2 is 1.96 bits per heavy atom. The van der Waals surface area contributed by atoms with Crippen molar-refractivity contribution in [2.75, 3.05) is 0 Å². The largest absolute Gasteiger partial charge is 0.459 e. The van der Waals surface area contributed by atoms with E-state index in [-0.39, 0.29) is 16.3 Å². The van der Waals surface area contributed by atoms with Gasteiger partial charge in [-0.15, -0.1) is 0 Å². The molecule has 2 aromatic rings. The zero-order chi connectivity index (χ0) is 17.3. The van der Waals surface area contributed by atoms with Crippen LogP contribution in [0.1, 0.15) is 29.9 Å². The minimum atomic E-state index is -0.910. The van der Waals surface area contributed by atoms with Crippen LogP contribution in [0.5, 0.6) is 0 Å². The Morgan fingerprint density at radius 3 is 2.52 bits per heavy atom. The van der Waals surface area contributed by atoms with Crippen molar-refractivity contribution in [1.29, 1.82) is 0 Å². The SMILES string of the molecule is Cc1cc(=O)n(-c2cc(C(=O)OC(C)C)c(Cl)cc2F)c(=O)[nH]1. The van der Waals surface area contributed by atoms with E-state index in [1.165, 1.54) is 6.92 Å². The number of esters is 1. The van der Waals surface area contributed by atoms with Crippen LogP contribution < -0.4 is 11.2 Å². The Morgan fingerprint density at radius 1 is 1.30 bits per heavy atom. The molecule has 0 saturated heterocycles. The Bertz CT molecular complexity index is 855. The summed E-state index contributed by atoms with van der Waals surface area (Å²) >= 11 is 5.86. The van der Waals surface area contributed by atoms with E-state index < -0.39 is 29.1 Å². The maximum atomic E-state index is 14.2. The van der Waals surface area contributed by atoms with Crippen molar-refractivity contribution < 1.29 is 13.9 Å². The van der Waals surface area contributed by atoms with Crippen LogP contribution in [-0.4, -0.2) is 21.6 Å². The quantitative estimate of drug-likeness (QED) is 0.868. The first kappa shape index (κ1) is 17.0. The molecule has 1 N–H and O–H groups in total. The summed E-state index contributed by atoms with van der Waals surface area (Å²) in [7, 11) is 0. The van der Waals surface area contributed by atoms with E-state index in [1.54, 1.807) is 13.8 Å². The number of ether oxygens (including phenoxy) is 1. The summed E-state index contributed by atoms with van der Waals surface area (Å²) in [5, 5.41) is -0.173. The van der Waals surface area contributed by atoms with Crippen molar-refractivity contribution in [1.82, 2.24) is 9.55 Å². The van der Waals surface area contributed by atoms with Crippen molar-refractivity contribution in [3.63, 3.8) is 0 Å². The topological polar surface area (TPSA) is 81.2 Å². The minimum absolute atomic E-state index is 0.136. The van der Waals surface area contributed by atoms with E-state index in [2.05, 4.69) is 4.98 Å². The summed E-state index contributed by atoms with van der Waals surface area (Å²) in [6, 6.07) is 3.02. The molecule has 1 heterocycles. The smallest absolute Gasteiger partial charge is 0.339 e. The molecule has 0 aliphatic rings. The van der Waals surface area contributed by atoms with E-state index in [0.29, 0.717) is 10.3 Å². The van der Waals surface area contributed by atoms with Gasteiger partial charge >= 0.3 is 11.7 Å². The van der Waals surface area contributed by atoms with Gasteiger partial charge in [0.1, 0.15) is 5.82 Å². The number of nitrogens with zero attached hydrogens (tertiary/aromatic N) is 1. The lowest BCUT2D eigenvalue weighted by atomic mass is 10.2. The van der Waals surface area contributed by atoms with Crippen LogP contribution in [0.25, 0.3) is 5.69 Å². The number of aryl methyl sites for hydroxylation is 1. The molecule has 0 saturated carbocycles. The van der Waals surface area contributed by atoms with Crippen molar-refractivity contribution in [2.24, 2.45) is 0 Å². The van der Waals surface area contributed by atoms with Gasteiger partial charge in [-0.05, 0) is 32.9 Å². The summed E-state index contributed by atoms with van der Waals surface area (Å²) < 4.78 is 19.7. The predicted octanol–water partition coefficient (Wildman–Crippen LogP) is 2.19. The second-order valence-electron chi connectivity index (χ2n) is 5.17. The van der Waals surface area contributed by atoms with E-state index in [0.717, 1.165) is 18.2 Å². The van der Waals surface area contributed by atoms with Crippen LogP contribution in [0.3, 0.4) is 0 Å². The summed E-state index contributed by atoms with van der Waals surface area (Å²) in [6.07, 6.45) is -0.405. The summed E-state index contributed by atoms with van der Waals surface area (Å²) in [5.74, 6) is -1.68. The highest BCUT2D eigenvalue weighted by Gasteiger charge is 2.19. The highest BCUT2D eigenvalue weighted by Crippen LogP contribution is 2.23. The van der Waals surface area contributed by atoms with E-state index in [9.17, 15) is 18.8 Å². The standard InChI is InChI=1S/C15H14ClFN2O4/c1-7(2)23-14(21)9-5-12(11(17)6-10(9)16)19-13(20)4-8(3)18-15(19)22/h4-7H,1-3H3,(H,18,22). The molecule has 0 fully saturated rings. The Kier molecular flexibility index (Phi) is 4.70. The number of carbonyl (C=O) groups is 1. The number of hydrogen-bond acceptors (Lipinski definition) is 4. The molecule has 0 radical (unpaired) electrons. The second kappa shape index (κ2) is 6.37. The molecule has 0 bridgehead atoms. The van der Waals surface area contributed by atoms with Gasteiger partial charge in [0.25, 0.3) is 5.56 Å². The first-order valence-electron chi connectivity index (χ1n) is 6.74. The van der Waals surface area contributed by atoms with Gasteiger partial charge in [0.2, 0.25) is 0 Å². The zero-order valence-electron chi connectivity index (χ0n) is 12.6. The lowest BCUT2D eigenvalue weighted by molar-refractivity contribution is 0.0378. The molecule has 0 amide bonds. The molecule has 0 aliphatic heterocycles. The number of halogens is 2. The molecular formula is C15H14ClFN2O4. The number of H-pyrrole nitrogens is 1. The van der Waals surface area contributed by atoms with Gasteiger partial charge in [0, 0.05) is 11.8 Å². The first-order chi connectivity index (χ1) is 10.7. The number of benzene rings is 1. The molecule has 0 unspecified atom stereocenters. The highest BCUT2D eigenvalue weighted by molar-refractivity contribution is 6.33. The van der Waals surface area contributed by atoms with Crippen LogP contribution in [0.15, 0.2) is 27.8 Å². The van der Waals surface area contributed by atoms with Crippen LogP contribution in [0, 0.1) is 12.7 Å². The molecule has 0 spiro atoms. The number of rotatable bonds is 3. The number of aromatic nitrogens is 2. The monoisotopic (exact) mass is 340 g/mol. The molecule has 0 atom stereocenters. The van der Waals surface area contributed by atoms with Gasteiger partial charge in [-0.1, -0.05) is 11.6 Å². The van der Waals surface area contributed by atoms with Crippen molar-refractivity contribution >= 4 is 17.6 Å². The summed E-state index contributed by atoms with van der Waals surface area (Å²) in [4.78, 5) is 38.3. The van der Waals surface area contributed by atoms with Crippen molar-refractivity contribution in [3.05, 3.63) is 61.1 Å². The molecule has 8 heteroatoms. The minimum Gasteiger partial charge on any atom is -0.459 e. The van der Waals surface area contributed by atoms with Crippen LogP contribution in [0.2, 0.25) is 5.02 Å². The first-order valence-corrected chi connectivity index (χ1v) is 7.12. The number of carbonyl (C=O) groups excluding carboxylic acids is 1. The Hall–Kier alpha value is -2.41. The third-order valence-corrected chi connectivity index (χ3v) is 3.22. The van der Waals surface area contributed by atoms with Crippen LogP contribution in [0.4, 0.5) is 4.39 Å². The second-order valence-corrected chi connectivity index (χ2v) is 5.58. The lowest BCUT2D eigenvalue weighted by Gasteiger charge is -2.12. The van der Waals surface area contributed by atoms with Crippen molar-refractivity contribution in [2.45, 2.75) is 26.9 Å². The lowest BCUT2D eigenvalue weighted by Crippen LogP contribution is -2.34. The Labute approximate surface area is 135 Å². The van der Waals surface area contributed by atoms with Crippen LogP contribution >= 0.6 is 11.6 Å². The fourth-order valence-corrected chi connectivity index (χ4v) is 2.21. The van der Waals surface area contributed by atoms with Crippen molar-refractivity contribution in [3.8, 4) is 5.69 Å². The summed E-state index contributed by atoms with van der Waals surface area (Å²) in [5.41, 5.74) is -1.72. The van der Waals surface area contributed by atoms with Gasteiger partial charge in [-0.3, -0.25) is 4.79 Å². The van der Waals surface area contributed by atoms with Crippen LogP contribution in [-0.2, 0) is 4.74 Å². The molecule has 1 aromatic heterocycles. The van der Waals surface area contributed by atoms with Gasteiger partial charge in [0.15, 0.2) is 0 Å². The fourth-order valence-electron chi connectivity index (χ4n) is 1.98. The summed E-state index contributed by atoms with van der Waals surface area (Å²) in [6.45, 7) is 4.81. The van der Waals surface area contributed by atoms with E-state index in [4.69, 9.17) is 16.3 Å². The van der Waals surface area contributed by atoms with Gasteiger partial charge in [0.05, 0.1) is 22.4 Å². The third kappa shape index (κ3) is 3.50. The van der Waals surface area contributed by atoms with Gasteiger partial charge in [-0.25, -0.2) is 18.5 Å². The van der Waals surface area contributed by atoms with E-state index >= 15 is 0 Å². The average Bonchev–Trinajstić information content (AvgIpc) is 2.38. The molecule has 1 aromatic carbocycles. The normalized spacial score (nSPS) is 10.9. The average molecular weight is 341 g/mol. The molecular weight excluding hydrogens is 327 g/mol. The molecule has 23 heavy (non-hydrogen) atoms. The number of hydrogen-bond donors (Lipinski definition) is 1. The fraction of sp³-hybridized carbons (Fsp3) is 0.267. The number of nitrogens with one attached hydrogen (secondary N) is 1. The molecule has 6 nitrogen and oxygen atoms in total. The maximum Gasteiger partial charge on any atom is 0.339 e. The number of aromatic amines is 1. The Balaban J connectivity index is 2.68. The molecule has 0 aliphatic carbocycles. The maximum absolute atomic E-state index is 14.2.